The van der Waals surface area contributed by atoms with Crippen LogP contribution in [0.25, 0.3) is 10.8 Å². The topological polar surface area (TPSA) is 57.6 Å². The highest BCUT2D eigenvalue weighted by molar-refractivity contribution is 6.24. The zero-order chi connectivity index (χ0) is 16.2. The van der Waals surface area contributed by atoms with E-state index in [-0.39, 0.29) is 12.3 Å². The molecule has 4 heteroatoms. The molecule has 1 aliphatic rings. The number of aliphatic carboxylic acids is 1. The normalized spacial score (nSPS) is 13.0. The predicted molar refractivity (Wildman–Crippen MR) is 91.0 cm³/mol. The molecule has 0 spiro atoms. The Morgan fingerprint density at radius 2 is 1.65 bits per heavy atom. The number of rotatable bonds is 8. The molecule has 2 aromatic rings. The van der Waals surface area contributed by atoms with E-state index in [4.69, 9.17) is 5.11 Å². The molecule has 23 heavy (non-hydrogen) atoms. The molecule has 2 aromatic carbocycles. The number of benzene rings is 2. The van der Waals surface area contributed by atoms with Crippen molar-refractivity contribution < 1.29 is 14.7 Å². The summed E-state index contributed by atoms with van der Waals surface area (Å²) in [5, 5.41) is 10.8. The van der Waals surface area contributed by atoms with Gasteiger partial charge in [0.2, 0.25) is 0 Å². The summed E-state index contributed by atoms with van der Waals surface area (Å²) in [7, 11) is 0. The number of hydrogen-bond acceptors (Lipinski definition) is 2. The van der Waals surface area contributed by atoms with Crippen LogP contribution in [0.1, 0.15) is 48.9 Å². The minimum atomic E-state index is -0.724. The zero-order valence-corrected chi connectivity index (χ0v) is 13.1. The van der Waals surface area contributed by atoms with Crippen molar-refractivity contribution in [1.82, 2.24) is 0 Å². The molecule has 3 rings (SSSR count). The number of amides is 1. The largest absolute Gasteiger partial charge is 0.481 e. The van der Waals surface area contributed by atoms with Crippen molar-refractivity contribution in [3.8, 4) is 0 Å². The van der Waals surface area contributed by atoms with Gasteiger partial charge in [-0.25, -0.2) is 0 Å². The smallest absolute Gasteiger partial charge is 0.303 e. The van der Waals surface area contributed by atoms with Gasteiger partial charge >= 0.3 is 5.97 Å². The summed E-state index contributed by atoms with van der Waals surface area (Å²) in [5.41, 5.74) is 1.83. The molecule has 0 fully saturated rings. The Balaban J connectivity index is 1.55. The third kappa shape index (κ3) is 3.21. The third-order valence-electron chi connectivity index (χ3n) is 4.42. The number of carbonyl (C=O) groups excluding carboxylic acids is 1. The molecular weight excluding hydrogens is 290 g/mol. The van der Waals surface area contributed by atoms with Gasteiger partial charge in [0, 0.05) is 23.9 Å². The summed E-state index contributed by atoms with van der Waals surface area (Å²) in [6.07, 6.45) is 4.92. The number of nitrogens with zero attached hydrogens (tertiary/aromatic N) is 1. The van der Waals surface area contributed by atoms with Gasteiger partial charge in [-0.1, -0.05) is 43.5 Å². The summed E-state index contributed by atoms with van der Waals surface area (Å²) in [6, 6.07) is 11.9. The summed E-state index contributed by atoms with van der Waals surface area (Å²) in [5.74, 6) is -0.624. The standard InChI is InChI=1S/C19H21NO3/c21-17(22)12-4-2-1-3-5-13-20-16-11-7-9-14-8-6-10-15(18(14)16)19(20)23/h6-11H,1-5,12-13H2,(H,21,22). The van der Waals surface area contributed by atoms with Gasteiger partial charge in [-0.05, 0) is 30.4 Å². The second-order valence-corrected chi connectivity index (χ2v) is 6.05. The van der Waals surface area contributed by atoms with E-state index >= 15 is 0 Å². The van der Waals surface area contributed by atoms with Gasteiger partial charge in [0.1, 0.15) is 0 Å². The van der Waals surface area contributed by atoms with Crippen molar-refractivity contribution in [2.45, 2.75) is 38.5 Å². The molecule has 1 heterocycles. The Morgan fingerprint density at radius 3 is 2.43 bits per heavy atom. The molecule has 0 saturated carbocycles. The average Bonchev–Trinajstić information content (AvgIpc) is 2.82. The first-order valence-electron chi connectivity index (χ1n) is 8.24. The molecule has 0 bridgehead atoms. The maximum absolute atomic E-state index is 12.6. The Labute approximate surface area is 135 Å². The molecule has 120 valence electrons. The van der Waals surface area contributed by atoms with Crippen LogP contribution in [0.15, 0.2) is 36.4 Å². The fourth-order valence-corrected chi connectivity index (χ4v) is 3.28. The Hall–Kier alpha value is -2.36. The lowest BCUT2D eigenvalue weighted by Gasteiger charge is -2.17. The van der Waals surface area contributed by atoms with Crippen molar-refractivity contribution in [1.29, 1.82) is 0 Å². The van der Waals surface area contributed by atoms with Crippen LogP contribution in [0.4, 0.5) is 5.69 Å². The van der Waals surface area contributed by atoms with E-state index < -0.39 is 5.97 Å². The Bertz CT molecular complexity index is 733. The SMILES string of the molecule is O=C(O)CCCCCCCN1C(=O)c2cccc3cccc1c23. The lowest BCUT2D eigenvalue weighted by molar-refractivity contribution is -0.137. The average molecular weight is 311 g/mol. The van der Waals surface area contributed by atoms with Crippen molar-refractivity contribution in [2.75, 3.05) is 11.4 Å². The van der Waals surface area contributed by atoms with Gasteiger partial charge in [0.15, 0.2) is 0 Å². The lowest BCUT2D eigenvalue weighted by atomic mass is 10.1. The first-order chi connectivity index (χ1) is 11.2. The minimum Gasteiger partial charge on any atom is -0.481 e. The second-order valence-electron chi connectivity index (χ2n) is 6.05. The highest BCUT2D eigenvalue weighted by Crippen LogP contribution is 2.37. The predicted octanol–water partition coefficient (Wildman–Crippen LogP) is 4.23. The second kappa shape index (κ2) is 6.82. The Morgan fingerprint density at radius 1 is 0.957 bits per heavy atom. The van der Waals surface area contributed by atoms with Crippen molar-refractivity contribution in [2.24, 2.45) is 0 Å². The molecule has 0 unspecified atom stereocenters. The van der Waals surface area contributed by atoms with E-state index in [2.05, 4.69) is 0 Å². The van der Waals surface area contributed by atoms with Crippen LogP contribution in [0.2, 0.25) is 0 Å². The van der Waals surface area contributed by atoms with Gasteiger partial charge in [0.05, 0.1) is 5.69 Å². The van der Waals surface area contributed by atoms with Gasteiger partial charge in [0.25, 0.3) is 5.91 Å². The van der Waals surface area contributed by atoms with Crippen molar-refractivity contribution in [3.63, 3.8) is 0 Å². The lowest BCUT2D eigenvalue weighted by Crippen LogP contribution is -2.27. The van der Waals surface area contributed by atoms with Gasteiger partial charge in [-0.3, -0.25) is 9.59 Å². The van der Waals surface area contributed by atoms with E-state index in [1.54, 1.807) is 0 Å². The third-order valence-corrected chi connectivity index (χ3v) is 4.42. The van der Waals surface area contributed by atoms with E-state index in [9.17, 15) is 9.59 Å². The van der Waals surface area contributed by atoms with Gasteiger partial charge in [-0.2, -0.15) is 0 Å². The van der Waals surface area contributed by atoms with E-state index in [1.807, 2.05) is 41.3 Å². The van der Waals surface area contributed by atoms with E-state index in [0.717, 1.165) is 60.7 Å². The molecule has 0 radical (unpaired) electrons. The summed E-state index contributed by atoms with van der Waals surface area (Å²) in [6.45, 7) is 0.728. The van der Waals surface area contributed by atoms with Crippen molar-refractivity contribution >= 4 is 28.3 Å². The van der Waals surface area contributed by atoms with Gasteiger partial charge in [-0.15, -0.1) is 0 Å². The summed E-state index contributed by atoms with van der Waals surface area (Å²) < 4.78 is 0. The maximum Gasteiger partial charge on any atom is 0.303 e. The molecule has 0 aromatic heterocycles. The van der Waals surface area contributed by atoms with Gasteiger partial charge < -0.3 is 10.0 Å². The first kappa shape index (κ1) is 15.5. The summed E-state index contributed by atoms with van der Waals surface area (Å²) in [4.78, 5) is 24.9. The fourth-order valence-electron chi connectivity index (χ4n) is 3.28. The van der Waals surface area contributed by atoms with Crippen LogP contribution in [-0.4, -0.2) is 23.5 Å². The quantitative estimate of drug-likeness (QED) is 0.742. The Kier molecular flexibility index (Phi) is 4.60. The number of hydrogen-bond donors (Lipinski definition) is 1. The number of carbonyl (C=O) groups is 2. The number of unbranched alkanes of at least 4 members (excludes halogenated alkanes) is 4. The first-order valence-corrected chi connectivity index (χ1v) is 8.24. The number of carboxylic acids is 1. The van der Waals surface area contributed by atoms with E-state index in [0.29, 0.717) is 0 Å². The minimum absolute atomic E-state index is 0.0997. The summed E-state index contributed by atoms with van der Waals surface area (Å²) >= 11 is 0. The number of anilines is 1. The monoisotopic (exact) mass is 311 g/mol. The molecule has 1 aliphatic heterocycles. The van der Waals surface area contributed by atoms with Crippen LogP contribution >= 0.6 is 0 Å². The molecule has 0 saturated heterocycles. The highest BCUT2D eigenvalue weighted by Gasteiger charge is 2.28. The highest BCUT2D eigenvalue weighted by atomic mass is 16.4. The molecular formula is C19H21NO3. The van der Waals surface area contributed by atoms with Crippen LogP contribution in [-0.2, 0) is 4.79 Å². The molecule has 0 atom stereocenters. The van der Waals surface area contributed by atoms with Crippen LogP contribution < -0.4 is 4.90 Å². The molecule has 4 nitrogen and oxygen atoms in total. The molecule has 0 aliphatic carbocycles. The van der Waals surface area contributed by atoms with Crippen LogP contribution in [0.3, 0.4) is 0 Å². The van der Waals surface area contributed by atoms with Crippen molar-refractivity contribution in [3.05, 3.63) is 42.0 Å². The molecule has 1 amide bonds. The molecule has 1 N–H and O–H groups in total. The van der Waals surface area contributed by atoms with E-state index in [1.165, 1.54) is 0 Å². The number of carboxylic acid groups (broad SMARTS) is 1. The fraction of sp³-hybridized carbons (Fsp3) is 0.368. The maximum atomic E-state index is 12.6. The van der Waals surface area contributed by atoms with Crippen LogP contribution in [0.5, 0.6) is 0 Å². The van der Waals surface area contributed by atoms with Crippen LogP contribution in [0, 0.1) is 0 Å². The zero-order valence-electron chi connectivity index (χ0n) is 13.1.